The van der Waals surface area contributed by atoms with Crippen molar-refractivity contribution < 1.29 is 9.50 Å². The smallest absolute Gasteiger partial charge is 0.123 e. The number of aromatic hydroxyl groups is 1. The fraction of sp³-hybridized carbons (Fsp3) is 0.600. The van der Waals surface area contributed by atoms with E-state index in [1.807, 2.05) is 0 Å². The van der Waals surface area contributed by atoms with Crippen LogP contribution in [-0.4, -0.2) is 36.2 Å². The van der Waals surface area contributed by atoms with Gasteiger partial charge in [-0.15, -0.1) is 0 Å². The molecule has 3 nitrogen and oxygen atoms in total. The molecule has 0 unspecified atom stereocenters. The van der Waals surface area contributed by atoms with Gasteiger partial charge in [-0.1, -0.05) is 0 Å². The molecule has 108 valence electrons. The van der Waals surface area contributed by atoms with Gasteiger partial charge in [0.2, 0.25) is 0 Å². The molecular weight excluding hydrogens is 243 g/mol. The Balaban J connectivity index is 2.16. The summed E-state index contributed by atoms with van der Waals surface area (Å²) < 4.78 is 13.0. The lowest BCUT2D eigenvalue weighted by Gasteiger charge is -2.20. The first kappa shape index (κ1) is 15.9. The summed E-state index contributed by atoms with van der Waals surface area (Å²) in [5, 5.41) is 12.8. The third-order valence-corrected chi connectivity index (χ3v) is 3.35. The number of phenolic OH excluding ortho intramolecular Hbond substituents is 1. The van der Waals surface area contributed by atoms with Crippen LogP contribution in [0.2, 0.25) is 0 Å². The number of halogens is 1. The molecule has 19 heavy (non-hydrogen) atoms. The number of hydrogen-bond acceptors (Lipinski definition) is 3. The number of rotatable bonds is 8. The number of unbranched alkanes of at least 4 members (excludes halogenated alkanes) is 1. The molecule has 0 aliphatic rings. The second-order valence-electron chi connectivity index (χ2n) is 5.23. The van der Waals surface area contributed by atoms with Gasteiger partial charge in [0, 0.05) is 18.2 Å². The van der Waals surface area contributed by atoms with Crippen LogP contribution in [0.5, 0.6) is 5.75 Å². The highest BCUT2D eigenvalue weighted by Gasteiger charge is 2.03. The fourth-order valence-corrected chi connectivity index (χ4v) is 1.79. The summed E-state index contributed by atoms with van der Waals surface area (Å²) in [5.74, 6) is -0.165. The van der Waals surface area contributed by atoms with E-state index >= 15 is 0 Å². The van der Waals surface area contributed by atoms with Crippen LogP contribution in [0.1, 0.15) is 32.3 Å². The molecule has 0 aliphatic carbocycles. The van der Waals surface area contributed by atoms with E-state index < -0.39 is 0 Å². The van der Waals surface area contributed by atoms with Crippen LogP contribution in [0.4, 0.5) is 4.39 Å². The van der Waals surface area contributed by atoms with Crippen LogP contribution < -0.4 is 5.32 Å². The van der Waals surface area contributed by atoms with Crippen molar-refractivity contribution >= 4 is 0 Å². The van der Waals surface area contributed by atoms with Gasteiger partial charge in [0.05, 0.1) is 0 Å². The molecule has 0 fully saturated rings. The molecular formula is C15H25FN2O. The summed E-state index contributed by atoms with van der Waals surface area (Å²) in [6.45, 7) is 6.84. The van der Waals surface area contributed by atoms with Crippen LogP contribution in [0.3, 0.4) is 0 Å². The lowest BCUT2D eigenvalue weighted by Crippen LogP contribution is -2.27. The molecule has 4 heteroatoms. The number of nitrogens with one attached hydrogen (secondary N) is 1. The molecule has 0 radical (unpaired) electrons. The first-order chi connectivity index (χ1) is 9.00. The zero-order valence-corrected chi connectivity index (χ0v) is 12.1. The summed E-state index contributed by atoms with van der Waals surface area (Å²) in [7, 11) is 2.13. The fourth-order valence-electron chi connectivity index (χ4n) is 1.79. The normalized spacial score (nSPS) is 11.5. The molecule has 0 saturated heterocycles. The Morgan fingerprint density at radius 2 is 2.05 bits per heavy atom. The minimum Gasteiger partial charge on any atom is -0.508 e. The third-order valence-electron chi connectivity index (χ3n) is 3.35. The zero-order chi connectivity index (χ0) is 14.3. The van der Waals surface area contributed by atoms with Crippen LogP contribution >= 0.6 is 0 Å². The maximum absolute atomic E-state index is 13.0. The molecule has 2 N–H and O–H groups in total. The Labute approximate surface area is 115 Å². The van der Waals surface area contributed by atoms with Crippen molar-refractivity contribution in [1.29, 1.82) is 0 Å². The Morgan fingerprint density at radius 3 is 2.74 bits per heavy atom. The van der Waals surface area contributed by atoms with Crippen LogP contribution in [0, 0.1) is 5.82 Å². The molecule has 0 aliphatic heterocycles. The van der Waals surface area contributed by atoms with Gasteiger partial charge < -0.3 is 15.3 Å². The number of hydrogen-bond donors (Lipinski definition) is 2. The van der Waals surface area contributed by atoms with E-state index in [1.54, 1.807) is 0 Å². The van der Waals surface area contributed by atoms with Crippen molar-refractivity contribution in [2.75, 3.05) is 20.1 Å². The molecule has 0 aromatic heterocycles. The van der Waals surface area contributed by atoms with Crippen molar-refractivity contribution in [3.05, 3.63) is 29.6 Å². The molecule has 0 saturated carbocycles. The summed E-state index contributed by atoms with van der Waals surface area (Å²) >= 11 is 0. The van der Waals surface area contributed by atoms with Crippen molar-refractivity contribution in [1.82, 2.24) is 10.2 Å². The van der Waals surface area contributed by atoms with E-state index in [9.17, 15) is 9.50 Å². The molecule has 0 bridgehead atoms. The lowest BCUT2D eigenvalue weighted by atomic mass is 10.2. The van der Waals surface area contributed by atoms with Gasteiger partial charge >= 0.3 is 0 Å². The first-order valence-corrected chi connectivity index (χ1v) is 6.89. The van der Waals surface area contributed by atoms with Gasteiger partial charge in [0.1, 0.15) is 11.6 Å². The molecule has 0 amide bonds. The van der Waals surface area contributed by atoms with Crippen LogP contribution in [0.15, 0.2) is 18.2 Å². The van der Waals surface area contributed by atoms with Crippen molar-refractivity contribution in [2.45, 2.75) is 39.3 Å². The summed E-state index contributed by atoms with van der Waals surface area (Å²) in [4.78, 5) is 2.32. The van der Waals surface area contributed by atoms with Gasteiger partial charge in [-0.05, 0) is 65.0 Å². The maximum Gasteiger partial charge on any atom is 0.123 e. The predicted molar refractivity (Wildman–Crippen MR) is 76.8 cm³/mol. The zero-order valence-electron chi connectivity index (χ0n) is 12.1. The minimum absolute atomic E-state index is 0.147. The predicted octanol–water partition coefficient (Wildman–Crippen LogP) is 2.74. The van der Waals surface area contributed by atoms with Crippen molar-refractivity contribution in [2.24, 2.45) is 0 Å². The summed E-state index contributed by atoms with van der Waals surface area (Å²) in [6.07, 6.45) is 2.21. The van der Waals surface area contributed by atoms with Gasteiger partial charge in [0.25, 0.3) is 0 Å². The molecule has 0 spiro atoms. The average Bonchev–Trinajstić information content (AvgIpc) is 2.37. The Morgan fingerprint density at radius 1 is 1.32 bits per heavy atom. The molecule has 1 aromatic rings. The van der Waals surface area contributed by atoms with E-state index in [-0.39, 0.29) is 11.6 Å². The topological polar surface area (TPSA) is 35.5 Å². The Hall–Kier alpha value is -1.13. The second kappa shape index (κ2) is 8.12. The van der Waals surface area contributed by atoms with Gasteiger partial charge in [-0.2, -0.15) is 0 Å². The SMILES string of the molecule is CC(C)N(C)CCCCNCc1cc(F)ccc1O. The quantitative estimate of drug-likeness (QED) is 0.712. The lowest BCUT2D eigenvalue weighted by molar-refractivity contribution is 0.268. The Bertz CT molecular complexity index is 382. The average molecular weight is 268 g/mol. The van der Waals surface area contributed by atoms with E-state index in [4.69, 9.17) is 0 Å². The summed E-state index contributed by atoms with van der Waals surface area (Å²) in [5.41, 5.74) is 0.610. The highest BCUT2D eigenvalue weighted by Crippen LogP contribution is 2.17. The van der Waals surface area contributed by atoms with Gasteiger partial charge in [0.15, 0.2) is 0 Å². The van der Waals surface area contributed by atoms with E-state index in [0.717, 1.165) is 25.9 Å². The van der Waals surface area contributed by atoms with Crippen molar-refractivity contribution in [3.63, 3.8) is 0 Å². The first-order valence-electron chi connectivity index (χ1n) is 6.89. The maximum atomic E-state index is 13.0. The van der Waals surface area contributed by atoms with E-state index in [2.05, 4.69) is 31.1 Å². The number of nitrogens with zero attached hydrogens (tertiary/aromatic N) is 1. The van der Waals surface area contributed by atoms with Crippen LogP contribution in [0.25, 0.3) is 0 Å². The monoisotopic (exact) mass is 268 g/mol. The highest BCUT2D eigenvalue weighted by molar-refractivity contribution is 5.32. The third kappa shape index (κ3) is 6.03. The number of benzene rings is 1. The Kier molecular flexibility index (Phi) is 6.81. The number of phenols is 1. The minimum atomic E-state index is -0.312. The van der Waals surface area contributed by atoms with E-state index in [0.29, 0.717) is 18.2 Å². The molecule has 1 aromatic carbocycles. The van der Waals surface area contributed by atoms with Crippen LogP contribution in [-0.2, 0) is 6.54 Å². The highest BCUT2D eigenvalue weighted by atomic mass is 19.1. The van der Waals surface area contributed by atoms with E-state index in [1.165, 1.54) is 18.2 Å². The second-order valence-corrected chi connectivity index (χ2v) is 5.23. The van der Waals surface area contributed by atoms with Crippen molar-refractivity contribution in [3.8, 4) is 5.75 Å². The molecule has 1 rings (SSSR count). The van der Waals surface area contributed by atoms with Gasteiger partial charge in [-0.25, -0.2) is 4.39 Å². The molecule has 0 heterocycles. The van der Waals surface area contributed by atoms with Gasteiger partial charge in [-0.3, -0.25) is 0 Å². The standard InChI is InChI=1S/C15H25FN2O/c1-12(2)18(3)9-5-4-8-17-11-13-10-14(16)6-7-15(13)19/h6-7,10,12,17,19H,4-5,8-9,11H2,1-3H3. The molecule has 0 atom stereocenters. The largest absolute Gasteiger partial charge is 0.508 e. The summed E-state index contributed by atoms with van der Waals surface area (Å²) in [6, 6.07) is 4.61.